The molecule has 136 valence electrons. The van der Waals surface area contributed by atoms with E-state index in [1.165, 1.54) is 19.3 Å². The zero-order chi connectivity index (χ0) is 18.4. The number of carbonyl (C=O) groups excluding carboxylic acids is 1. The average Bonchev–Trinajstić information content (AvgIpc) is 2.65. The Kier molecular flexibility index (Phi) is 5.84. The van der Waals surface area contributed by atoms with E-state index >= 15 is 0 Å². The van der Waals surface area contributed by atoms with Crippen molar-refractivity contribution in [1.82, 2.24) is 14.7 Å². The SMILES string of the molecule is CCCCCCCNC(=O)Oc1ccc2nc3ccccn3c(=N)c2c1. The molecule has 0 fully saturated rings. The van der Waals surface area contributed by atoms with Gasteiger partial charge in [0.2, 0.25) is 0 Å². The number of fused-ring (bicyclic) bond motifs is 2. The third-order valence-electron chi connectivity index (χ3n) is 4.30. The van der Waals surface area contributed by atoms with Gasteiger partial charge in [-0.3, -0.25) is 9.81 Å². The summed E-state index contributed by atoms with van der Waals surface area (Å²) in [6, 6.07) is 10.8. The van der Waals surface area contributed by atoms with Gasteiger partial charge in [-0.25, -0.2) is 9.78 Å². The molecule has 6 nitrogen and oxygen atoms in total. The van der Waals surface area contributed by atoms with Crippen molar-refractivity contribution in [3.8, 4) is 5.75 Å². The first-order chi connectivity index (χ1) is 12.7. The van der Waals surface area contributed by atoms with Crippen molar-refractivity contribution in [2.24, 2.45) is 0 Å². The van der Waals surface area contributed by atoms with Gasteiger partial charge in [0.25, 0.3) is 0 Å². The van der Waals surface area contributed by atoms with Crippen molar-refractivity contribution in [2.75, 3.05) is 6.54 Å². The Hall–Kier alpha value is -2.89. The van der Waals surface area contributed by atoms with Crippen molar-refractivity contribution in [3.63, 3.8) is 0 Å². The van der Waals surface area contributed by atoms with E-state index in [1.54, 1.807) is 28.8 Å². The number of nitrogens with one attached hydrogen (secondary N) is 2. The maximum absolute atomic E-state index is 11.9. The lowest BCUT2D eigenvalue weighted by molar-refractivity contribution is 0.200. The minimum atomic E-state index is -0.465. The number of hydrogen-bond acceptors (Lipinski definition) is 4. The number of benzene rings is 1. The Bertz CT molecular complexity index is 965. The second kappa shape index (κ2) is 8.47. The summed E-state index contributed by atoms with van der Waals surface area (Å²) < 4.78 is 7.04. The molecule has 3 rings (SSSR count). The van der Waals surface area contributed by atoms with Crippen LogP contribution in [-0.2, 0) is 0 Å². The van der Waals surface area contributed by atoms with Crippen LogP contribution >= 0.6 is 0 Å². The van der Waals surface area contributed by atoms with E-state index in [-0.39, 0.29) is 0 Å². The molecule has 2 N–H and O–H groups in total. The maximum Gasteiger partial charge on any atom is 0.412 e. The van der Waals surface area contributed by atoms with Crippen LogP contribution in [0.15, 0.2) is 42.6 Å². The highest BCUT2D eigenvalue weighted by Gasteiger charge is 2.07. The molecule has 2 heterocycles. The number of amides is 1. The number of hydrogen-bond donors (Lipinski definition) is 2. The molecule has 0 bridgehead atoms. The summed E-state index contributed by atoms with van der Waals surface area (Å²) in [6.45, 7) is 2.79. The van der Waals surface area contributed by atoms with Crippen molar-refractivity contribution in [2.45, 2.75) is 39.0 Å². The van der Waals surface area contributed by atoms with Gasteiger partial charge in [-0.2, -0.15) is 0 Å². The lowest BCUT2D eigenvalue weighted by Crippen LogP contribution is -2.27. The zero-order valence-electron chi connectivity index (χ0n) is 15.0. The Labute approximate surface area is 152 Å². The van der Waals surface area contributed by atoms with Gasteiger partial charge in [0, 0.05) is 18.1 Å². The number of carbonyl (C=O) groups is 1. The van der Waals surface area contributed by atoms with E-state index < -0.39 is 6.09 Å². The highest BCUT2D eigenvalue weighted by Crippen LogP contribution is 2.17. The third-order valence-corrected chi connectivity index (χ3v) is 4.30. The highest BCUT2D eigenvalue weighted by molar-refractivity contribution is 5.82. The van der Waals surface area contributed by atoms with Gasteiger partial charge in [0.05, 0.1) is 5.52 Å². The van der Waals surface area contributed by atoms with Crippen LogP contribution in [0.3, 0.4) is 0 Å². The van der Waals surface area contributed by atoms with E-state index in [0.29, 0.717) is 34.3 Å². The van der Waals surface area contributed by atoms with Crippen LogP contribution in [0.25, 0.3) is 16.6 Å². The topological polar surface area (TPSA) is 79.5 Å². The van der Waals surface area contributed by atoms with E-state index in [4.69, 9.17) is 10.1 Å². The van der Waals surface area contributed by atoms with Crippen LogP contribution in [0.1, 0.15) is 39.0 Å². The van der Waals surface area contributed by atoms with Gasteiger partial charge in [-0.05, 0) is 36.8 Å². The van der Waals surface area contributed by atoms with Gasteiger partial charge in [0.1, 0.15) is 16.9 Å². The van der Waals surface area contributed by atoms with Gasteiger partial charge < -0.3 is 10.1 Å². The summed E-state index contributed by atoms with van der Waals surface area (Å²) in [7, 11) is 0. The van der Waals surface area contributed by atoms with Gasteiger partial charge in [0.15, 0.2) is 0 Å². The number of nitrogens with zero attached hydrogens (tertiary/aromatic N) is 2. The molecule has 0 radical (unpaired) electrons. The highest BCUT2D eigenvalue weighted by atomic mass is 16.6. The first-order valence-corrected chi connectivity index (χ1v) is 9.10. The molecule has 3 aromatic rings. The fraction of sp³-hybridized carbons (Fsp3) is 0.350. The third kappa shape index (κ3) is 4.20. The molecule has 0 aliphatic carbocycles. The van der Waals surface area contributed by atoms with Crippen LogP contribution in [0.4, 0.5) is 4.79 Å². The molecule has 0 atom stereocenters. The molecule has 2 aromatic heterocycles. The monoisotopic (exact) mass is 352 g/mol. The molecule has 26 heavy (non-hydrogen) atoms. The molecule has 6 heteroatoms. The van der Waals surface area contributed by atoms with E-state index in [0.717, 1.165) is 12.8 Å². The molecule has 0 spiro atoms. The largest absolute Gasteiger partial charge is 0.412 e. The fourth-order valence-electron chi connectivity index (χ4n) is 2.90. The van der Waals surface area contributed by atoms with E-state index in [1.807, 2.05) is 18.2 Å². The second-order valence-corrected chi connectivity index (χ2v) is 6.30. The summed E-state index contributed by atoms with van der Waals surface area (Å²) in [5, 5.41) is 11.8. The molecule has 0 aliphatic heterocycles. The molecular formula is C20H24N4O2. The normalized spacial score (nSPS) is 11.0. The van der Waals surface area contributed by atoms with Crippen molar-refractivity contribution < 1.29 is 9.53 Å². The van der Waals surface area contributed by atoms with Crippen LogP contribution < -0.4 is 15.5 Å². The number of pyridine rings is 1. The second-order valence-electron chi connectivity index (χ2n) is 6.30. The molecular weight excluding hydrogens is 328 g/mol. The van der Waals surface area contributed by atoms with Crippen LogP contribution in [0.2, 0.25) is 0 Å². The fourth-order valence-corrected chi connectivity index (χ4v) is 2.90. The predicted octanol–water partition coefficient (Wildman–Crippen LogP) is 4.03. The Morgan fingerprint density at radius 3 is 2.88 bits per heavy atom. The summed E-state index contributed by atoms with van der Waals surface area (Å²) in [5.41, 5.74) is 1.72. The zero-order valence-corrected chi connectivity index (χ0v) is 15.0. The van der Waals surface area contributed by atoms with Crippen LogP contribution in [0.5, 0.6) is 5.75 Å². The molecule has 0 saturated carbocycles. The van der Waals surface area contributed by atoms with Crippen LogP contribution in [0, 0.1) is 5.41 Å². The molecule has 1 aromatic carbocycles. The Morgan fingerprint density at radius 2 is 2.04 bits per heavy atom. The smallest absolute Gasteiger partial charge is 0.410 e. The lowest BCUT2D eigenvalue weighted by atomic mass is 10.1. The van der Waals surface area contributed by atoms with Crippen molar-refractivity contribution in [3.05, 3.63) is 48.1 Å². The minimum Gasteiger partial charge on any atom is -0.410 e. The number of rotatable bonds is 7. The first-order valence-electron chi connectivity index (χ1n) is 9.10. The maximum atomic E-state index is 11.9. The van der Waals surface area contributed by atoms with Gasteiger partial charge >= 0.3 is 6.09 Å². The minimum absolute atomic E-state index is 0.312. The molecule has 0 aliphatic rings. The number of ether oxygens (including phenoxy) is 1. The van der Waals surface area contributed by atoms with E-state index in [2.05, 4.69) is 17.2 Å². The van der Waals surface area contributed by atoms with E-state index in [9.17, 15) is 4.79 Å². The predicted molar refractivity (Wildman–Crippen MR) is 101 cm³/mol. The van der Waals surface area contributed by atoms with Gasteiger partial charge in [-0.15, -0.1) is 0 Å². The summed E-state index contributed by atoms with van der Waals surface area (Å²) in [4.78, 5) is 16.5. The number of unbranched alkanes of at least 4 members (excludes halogenated alkanes) is 4. The molecule has 1 amide bonds. The van der Waals surface area contributed by atoms with Gasteiger partial charge in [-0.1, -0.05) is 38.7 Å². The first kappa shape index (κ1) is 17.9. The van der Waals surface area contributed by atoms with Crippen molar-refractivity contribution >= 4 is 22.6 Å². The number of aromatic nitrogens is 2. The van der Waals surface area contributed by atoms with Crippen molar-refractivity contribution in [1.29, 1.82) is 5.41 Å². The standard InChI is InChI=1S/C20H24N4O2/c1-2-3-4-5-7-12-22-20(25)26-15-10-11-17-16(14-15)19(21)24-13-8-6-9-18(24)23-17/h6,8-11,13-14,21H,2-5,7,12H2,1H3,(H,22,25). The lowest BCUT2D eigenvalue weighted by Gasteiger charge is -2.08. The quantitative estimate of drug-likeness (QED) is 0.498. The Morgan fingerprint density at radius 1 is 1.19 bits per heavy atom. The summed E-state index contributed by atoms with van der Waals surface area (Å²) in [5.74, 6) is 0.409. The van der Waals surface area contributed by atoms with Crippen LogP contribution in [-0.4, -0.2) is 22.0 Å². The molecule has 0 saturated heterocycles. The summed E-state index contributed by atoms with van der Waals surface area (Å²) >= 11 is 0. The molecule has 0 unspecified atom stereocenters. The Balaban J connectivity index is 1.67. The average molecular weight is 352 g/mol. The summed E-state index contributed by atoms with van der Waals surface area (Å²) in [6.07, 6.45) is 7.03.